The number of methoxy groups -OCH3 is 1. The Balaban J connectivity index is 1.72. The molecule has 0 atom stereocenters. The molecule has 0 saturated carbocycles. The Morgan fingerprint density at radius 2 is 1.59 bits per heavy atom. The Labute approximate surface area is 169 Å². The normalized spacial score (nSPS) is 10.5. The van der Waals surface area contributed by atoms with E-state index in [0.717, 1.165) is 16.8 Å². The molecule has 27 heavy (non-hydrogen) atoms. The minimum atomic E-state index is 0.341. The maximum atomic E-state index is 6.46. The van der Waals surface area contributed by atoms with Gasteiger partial charge >= 0.3 is 0 Å². The van der Waals surface area contributed by atoms with Crippen molar-refractivity contribution in [1.29, 1.82) is 0 Å². The number of anilines is 1. The van der Waals surface area contributed by atoms with Crippen molar-refractivity contribution >= 4 is 28.9 Å². The maximum absolute atomic E-state index is 6.46. The molecule has 0 aliphatic carbocycles. The summed E-state index contributed by atoms with van der Waals surface area (Å²) in [5.41, 5.74) is 4.09. The van der Waals surface area contributed by atoms with Crippen LogP contribution in [-0.2, 0) is 13.2 Å². The van der Waals surface area contributed by atoms with Gasteiger partial charge in [0, 0.05) is 33.9 Å². The summed E-state index contributed by atoms with van der Waals surface area (Å²) in [6.07, 6.45) is 0. The number of hydrogen-bond acceptors (Lipinski definition) is 3. The average Bonchev–Trinajstić information content (AvgIpc) is 2.68. The summed E-state index contributed by atoms with van der Waals surface area (Å²) in [7, 11) is 1.61. The lowest BCUT2D eigenvalue weighted by Gasteiger charge is -2.15. The monoisotopic (exact) mass is 401 g/mol. The topological polar surface area (TPSA) is 30.5 Å². The van der Waals surface area contributed by atoms with Crippen LogP contribution in [0.25, 0.3) is 0 Å². The van der Waals surface area contributed by atoms with Gasteiger partial charge in [-0.25, -0.2) is 0 Å². The molecule has 0 aliphatic heterocycles. The molecule has 5 heteroatoms. The summed E-state index contributed by atoms with van der Waals surface area (Å²) in [5.74, 6) is 1.22. The van der Waals surface area contributed by atoms with E-state index in [1.807, 2.05) is 42.5 Å². The first-order valence-electron chi connectivity index (χ1n) is 8.60. The molecule has 3 aromatic carbocycles. The van der Waals surface area contributed by atoms with Gasteiger partial charge in [-0.15, -0.1) is 0 Å². The number of nitrogens with one attached hydrogen (secondary N) is 1. The second-order valence-electron chi connectivity index (χ2n) is 6.19. The van der Waals surface area contributed by atoms with Crippen LogP contribution >= 0.6 is 23.2 Å². The zero-order valence-electron chi connectivity index (χ0n) is 15.3. The van der Waals surface area contributed by atoms with Gasteiger partial charge < -0.3 is 14.8 Å². The van der Waals surface area contributed by atoms with Gasteiger partial charge in [0.25, 0.3) is 0 Å². The maximum Gasteiger partial charge on any atom is 0.163 e. The Kier molecular flexibility index (Phi) is 6.49. The van der Waals surface area contributed by atoms with Gasteiger partial charge in [0.2, 0.25) is 0 Å². The van der Waals surface area contributed by atoms with Crippen molar-refractivity contribution in [2.45, 2.75) is 20.1 Å². The molecule has 0 heterocycles. The quantitative estimate of drug-likeness (QED) is 0.489. The molecule has 0 radical (unpaired) electrons. The fourth-order valence-electron chi connectivity index (χ4n) is 2.62. The highest BCUT2D eigenvalue weighted by Crippen LogP contribution is 2.34. The third kappa shape index (κ3) is 5.09. The summed E-state index contributed by atoms with van der Waals surface area (Å²) in [4.78, 5) is 0. The van der Waals surface area contributed by atoms with Crippen molar-refractivity contribution < 1.29 is 9.47 Å². The van der Waals surface area contributed by atoms with Crippen LogP contribution in [0.2, 0.25) is 10.0 Å². The molecule has 3 nitrogen and oxygen atoms in total. The lowest BCUT2D eigenvalue weighted by molar-refractivity contribution is 0.284. The smallest absolute Gasteiger partial charge is 0.163 e. The molecule has 140 valence electrons. The molecular formula is C22H21Cl2NO2. The highest BCUT2D eigenvalue weighted by atomic mass is 35.5. The Morgan fingerprint density at radius 1 is 0.852 bits per heavy atom. The zero-order chi connectivity index (χ0) is 19.2. The Morgan fingerprint density at radius 3 is 2.30 bits per heavy atom. The van der Waals surface area contributed by atoms with Crippen molar-refractivity contribution in [2.75, 3.05) is 12.4 Å². The molecule has 0 aromatic heterocycles. The zero-order valence-corrected chi connectivity index (χ0v) is 16.8. The number of aryl methyl sites for hydroxylation is 1. The molecule has 0 spiro atoms. The molecular weight excluding hydrogens is 381 g/mol. The fraction of sp³-hybridized carbons (Fsp3) is 0.182. The van der Waals surface area contributed by atoms with Crippen LogP contribution in [-0.4, -0.2) is 7.11 Å². The van der Waals surface area contributed by atoms with Crippen LogP contribution < -0.4 is 14.8 Å². The first kappa shape index (κ1) is 19.4. The van der Waals surface area contributed by atoms with E-state index in [2.05, 4.69) is 24.4 Å². The SMILES string of the molecule is COc1cc(CNc2ccc(C)cc2)c(Cl)cc1OCc1ccccc1Cl. The van der Waals surface area contributed by atoms with Gasteiger partial charge in [0.1, 0.15) is 6.61 Å². The summed E-state index contributed by atoms with van der Waals surface area (Å²) in [6.45, 7) is 2.99. The van der Waals surface area contributed by atoms with E-state index in [1.54, 1.807) is 13.2 Å². The van der Waals surface area contributed by atoms with Crippen LogP contribution in [0.3, 0.4) is 0 Å². The van der Waals surface area contributed by atoms with Gasteiger partial charge in [-0.3, -0.25) is 0 Å². The van der Waals surface area contributed by atoms with Crippen LogP contribution in [0.4, 0.5) is 5.69 Å². The molecule has 0 fully saturated rings. The number of rotatable bonds is 7. The van der Waals surface area contributed by atoms with E-state index < -0.39 is 0 Å². The number of hydrogen-bond donors (Lipinski definition) is 1. The van der Waals surface area contributed by atoms with Crippen molar-refractivity contribution in [3.63, 3.8) is 0 Å². The molecule has 0 bridgehead atoms. The largest absolute Gasteiger partial charge is 0.493 e. The first-order valence-corrected chi connectivity index (χ1v) is 9.35. The van der Waals surface area contributed by atoms with Crippen LogP contribution in [0.15, 0.2) is 60.7 Å². The third-order valence-electron chi connectivity index (χ3n) is 4.21. The Bertz CT molecular complexity index is 911. The van der Waals surface area contributed by atoms with Crippen molar-refractivity contribution in [3.8, 4) is 11.5 Å². The molecule has 1 N–H and O–H groups in total. The summed E-state index contributed by atoms with van der Waals surface area (Å²) in [6, 6.07) is 19.5. The number of ether oxygens (including phenoxy) is 2. The van der Waals surface area contributed by atoms with Crippen molar-refractivity contribution in [1.82, 2.24) is 0 Å². The summed E-state index contributed by atoms with van der Waals surface area (Å²) < 4.78 is 11.4. The second-order valence-corrected chi connectivity index (χ2v) is 7.01. The van der Waals surface area contributed by atoms with Gasteiger partial charge in [-0.2, -0.15) is 0 Å². The van der Waals surface area contributed by atoms with Gasteiger partial charge in [-0.05, 0) is 36.8 Å². The molecule has 0 amide bonds. The fourth-order valence-corrected chi connectivity index (χ4v) is 3.04. The summed E-state index contributed by atoms with van der Waals surface area (Å²) in [5, 5.41) is 4.65. The molecule has 0 unspecified atom stereocenters. The molecule has 3 aromatic rings. The van der Waals surface area contributed by atoms with Crippen LogP contribution in [0.1, 0.15) is 16.7 Å². The van der Waals surface area contributed by atoms with E-state index in [4.69, 9.17) is 32.7 Å². The van der Waals surface area contributed by atoms with E-state index in [-0.39, 0.29) is 0 Å². The second kappa shape index (κ2) is 9.03. The predicted molar refractivity (Wildman–Crippen MR) is 112 cm³/mol. The average molecular weight is 402 g/mol. The lowest BCUT2D eigenvalue weighted by atomic mass is 10.1. The highest BCUT2D eigenvalue weighted by molar-refractivity contribution is 6.31. The van der Waals surface area contributed by atoms with E-state index >= 15 is 0 Å². The van der Waals surface area contributed by atoms with Crippen LogP contribution in [0, 0.1) is 6.92 Å². The van der Waals surface area contributed by atoms with Crippen molar-refractivity contribution in [2.24, 2.45) is 0 Å². The van der Waals surface area contributed by atoms with E-state index in [9.17, 15) is 0 Å². The summed E-state index contributed by atoms with van der Waals surface area (Å²) >= 11 is 12.6. The third-order valence-corrected chi connectivity index (χ3v) is 4.93. The predicted octanol–water partition coefficient (Wildman–Crippen LogP) is 6.50. The number of benzene rings is 3. The van der Waals surface area contributed by atoms with Gasteiger partial charge in [0.05, 0.1) is 7.11 Å². The standard InChI is InChI=1S/C22H21Cl2NO2/c1-15-7-9-18(10-8-15)25-13-17-11-21(26-2)22(12-20(17)24)27-14-16-5-3-4-6-19(16)23/h3-12,25H,13-14H2,1-2H3. The Hall–Kier alpha value is -2.36. The molecule has 0 aliphatic rings. The van der Waals surface area contributed by atoms with Gasteiger partial charge in [-0.1, -0.05) is 59.1 Å². The number of halogens is 2. The van der Waals surface area contributed by atoms with Crippen molar-refractivity contribution in [3.05, 3.63) is 87.4 Å². The first-order chi connectivity index (χ1) is 13.1. The molecule has 3 rings (SSSR count). The lowest BCUT2D eigenvalue weighted by Crippen LogP contribution is -2.03. The molecule has 0 saturated heterocycles. The van der Waals surface area contributed by atoms with Gasteiger partial charge in [0.15, 0.2) is 11.5 Å². The highest BCUT2D eigenvalue weighted by Gasteiger charge is 2.12. The minimum absolute atomic E-state index is 0.341. The minimum Gasteiger partial charge on any atom is -0.493 e. The van der Waals surface area contributed by atoms with E-state index in [1.165, 1.54) is 5.56 Å². The van der Waals surface area contributed by atoms with Crippen LogP contribution in [0.5, 0.6) is 11.5 Å². The van der Waals surface area contributed by atoms with E-state index in [0.29, 0.717) is 34.7 Å².